The van der Waals surface area contributed by atoms with Gasteiger partial charge in [0.05, 0.1) is 22.8 Å². The van der Waals surface area contributed by atoms with Crippen LogP contribution in [0.5, 0.6) is 0 Å². The molecule has 7 heteroatoms. The first-order valence-electron chi connectivity index (χ1n) is 6.08. The molecule has 1 aromatic carbocycles. The van der Waals surface area contributed by atoms with Crippen LogP contribution in [0.4, 0.5) is 10.1 Å². The van der Waals surface area contributed by atoms with Gasteiger partial charge in [-0.3, -0.25) is 9.78 Å². The van der Waals surface area contributed by atoms with E-state index in [1.54, 1.807) is 11.9 Å². The lowest BCUT2D eigenvalue weighted by Crippen LogP contribution is -2.33. The molecular weight excluding hydrogens is 295 g/mol. The molecule has 0 radical (unpaired) electrons. The van der Waals surface area contributed by atoms with Gasteiger partial charge in [-0.15, -0.1) is 0 Å². The number of amides is 1. The van der Waals surface area contributed by atoms with E-state index in [1.807, 2.05) is 6.07 Å². The van der Waals surface area contributed by atoms with E-state index >= 15 is 0 Å². The van der Waals surface area contributed by atoms with E-state index in [0.717, 1.165) is 0 Å². The Hall–Kier alpha value is -2.39. The summed E-state index contributed by atoms with van der Waals surface area (Å²) in [6.07, 6.45) is 1.28. The van der Waals surface area contributed by atoms with Crippen LogP contribution in [-0.2, 0) is 4.79 Å². The average Bonchev–Trinajstić information content (AvgIpc) is 2.49. The topological polar surface area (TPSA) is 69.0 Å². The zero-order valence-electron chi connectivity index (χ0n) is 11.4. The van der Waals surface area contributed by atoms with Gasteiger partial charge in [-0.1, -0.05) is 11.6 Å². The maximum absolute atomic E-state index is 13.9. The Labute approximate surface area is 125 Å². The minimum absolute atomic E-state index is 0.0110. The number of nitriles is 1. The van der Waals surface area contributed by atoms with E-state index in [-0.39, 0.29) is 28.6 Å². The first kappa shape index (κ1) is 15.0. The fraction of sp³-hybridized carbons (Fsp3) is 0.214. The van der Waals surface area contributed by atoms with Crippen LogP contribution in [0.3, 0.4) is 0 Å². The van der Waals surface area contributed by atoms with Crippen LogP contribution < -0.4 is 10.2 Å². The highest BCUT2D eigenvalue weighted by atomic mass is 35.5. The normalized spacial score (nSPS) is 10.2. The number of hydrogen-bond donors (Lipinski definition) is 1. The monoisotopic (exact) mass is 306 g/mol. The van der Waals surface area contributed by atoms with Crippen molar-refractivity contribution in [3.05, 3.63) is 34.7 Å². The molecule has 5 nitrogen and oxygen atoms in total. The van der Waals surface area contributed by atoms with Gasteiger partial charge in [0.15, 0.2) is 0 Å². The van der Waals surface area contributed by atoms with E-state index in [9.17, 15) is 14.4 Å². The number of hydrogen-bond acceptors (Lipinski definition) is 4. The molecule has 0 aliphatic carbocycles. The van der Waals surface area contributed by atoms with Gasteiger partial charge in [-0.05, 0) is 12.1 Å². The van der Waals surface area contributed by atoms with Gasteiger partial charge in [-0.2, -0.15) is 5.26 Å². The molecular formula is C14H12ClFN4O. The highest BCUT2D eigenvalue weighted by molar-refractivity contribution is 6.36. The number of anilines is 1. The van der Waals surface area contributed by atoms with E-state index in [0.29, 0.717) is 11.1 Å². The highest BCUT2D eigenvalue weighted by Gasteiger charge is 2.19. The SMILES string of the molecule is CNC(=O)CN(C)c1c(C#N)cnc2c(F)ccc(Cl)c12. The second-order valence-electron chi connectivity index (χ2n) is 4.41. The lowest BCUT2D eigenvalue weighted by molar-refractivity contribution is -0.119. The Morgan fingerprint density at radius 2 is 2.29 bits per heavy atom. The molecule has 21 heavy (non-hydrogen) atoms. The zero-order valence-corrected chi connectivity index (χ0v) is 12.2. The summed E-state index contributed by atoms with van der Waals surface area (Å²) >= 11 is 6.13. The van der Waals surface area contributed by atoms with Crippen molar-refractivity contribution < 1.29 is 9.18 Å². The van der Waals surface area contributed by atoms with E-state index in [4.69, 9.17) is 11.6 Å². The average molecular weight is 307 g/mol. The number of carbonyl (C=O) groups excluding carboxylic acids is 1. The summed E-state index contributed by atoms with van der Waals surface area (Å²) in [5.74, 6) is -0.771. The Kier molecular flexibility index (Phi) is 4.24. The number of nitrogens with one attached hydrogen (secondary N) is 1. The molecule has 0 aliphatic heterocycles. The number of pyridine rings is 1. The molecule has 0 unspecified atom stereocenters. The number of carbonyl (C=O) groups is 1. The number of halogens is 2. The molecule has 0 aliphatic rings. The number of nitrogens with zero attached hydrogens (tertiary/aromatic N) is 3. The summed E-state index contributed by atoms with van der Waals surface area (Å²) in [4.78, 5) is 17.0. The molecule has 1 N–H and O–H groups in total. The fourth-order valence-electron chi connectivity index (χ4n) is 2.07. The van der Waals surface area contributed by atoms with Gasteiger partial charge in [0.25, 0.3) is 0 Å². The molecule has 1 heterocycles. The first-order chi connectivity index (χ1) is 9.99. The lowest BCUT2D eigenvalue weighted by atomic mass is 10.1. The lowest BCUT2D eigenvalue weighted by Gasteiger charge is -2.21. The summed E-state index contributed by atoms with van der Waals surface area (Å²) in [5, 5.41) is 12.3. The van der Waals surface area contributed by atoms with Crippen LogP contribution >= 0.6 is 11.6 Å². The molecule has 0 saturated heterocycles. The van der Waals surface area contributed by atoms with Crippen LogP contribution in [0, 0.1) is 17.1 Å². The second kappa shape index (κ2) is 5.94. The largest absolute Gasteiger partial charge is 0.364 e. The third-order valence-corrected chi connectivity index (χ3v) is 3.37. The first-order valence-corrected chi connectivity index (χ1v) is 6.46. The van der Waals surface area contributed by atoms with Crippen LogP contribution in [0.2, 0.25) is 5.02 Å². The number of likely N-dealkylation sites (N-methyl/N-ethyl adjacent to an activating group) is 2. The molecule has 108 valence electrons. The Balaban J connectivity index is 2.73. The Morgan fingerprint density at radius 3 is 2.90 bits per heavy atom. The smallest absolute Gasteiger partial charge is 0.239 e. The van der Waals surface area contributed by atoms with Crippen molar-refractivity contribution in [2.45, 2.75) is 0 Å². The number of benzene rings is 1. The maximum atomic E-state index is 13.9. The van der Waals surface area contributed by atoms with Crippen molar-refractivity contribution in [1.82, 2.24) is 10.3 Å². The van der Waals surface area contributed by atoms with Crippen molar-refractivity contribution in [3.8, 4) is 6.07 Å². The van der Waals surface area contributed by atoms with Gasteiger partial charge in [-0.25, -0.2) is 4.39 Å². The van der Waals surface area contributed by atoms with Crippen molar-refractivity contribution in [2.24, 2.45) is 0 Å². The molecule has 0 bridgehead atoms. The highest BCUT2D eigenvalue weighted by Crippen LogP contribution is 2.35. The number of aromatic nitrogens is 1. The third kappa shape index (κ3) is 2.73. The standard InChI is InChI=1S/C14H12ClFN4O/c1-18-11(21)7-20(2)14-8(5-17)6-19-13-10(16)4-3-9(15)12(13)14/h3-4,6H,7H2,1-2H3,(H,18,21). The summed E-state index contributed by atoms with van der Waals surface area (Å²) in [6, 6.07) is 4.61. The summed E-state index contributed by atoms with van der Waals surface area (Å²) in [5.41, 5.74) is 0.678. The maximum Gasteiger partial charge on any atom is 0.239 e. The van der Waals surface area contributed by atoms with Gasteiger partial charge >= 0.3 is 0 Å². The van der Waals surface area contributed by atoms with E-state index in [2.05, 4.69) is 10.3 Å². The second-order valence-corrected chi connectivity index (χ2v) is 4.82. The third-order valence-electron chi connectivity index (χ3n) is 3.05. The van der Waals surface area contributed by atoms with Crippen molar-refractivity contribution in [2.75, 3.05) is 25.5 Å². The molecule has 1 aromatic heterocycles. The molecule has 0 atom stereocenters. The Morgan fingerprint density at radius 1 is 1.57 bits per heavy atom. The minimum atomic E-state index is -0.534. The van der Waals surface area contributed by atoms with Crippen LogP contribution in [-0.4, -0.2) is 31.5 Å². The van der Waals surface area contributed by atoms with Crippen molar-refractivity contribution in [3.63, 3.8) is 0 Å². The molecule has 1 amide bonds. The van der Waals surface area contributed by atoms with Crippen LogP contribution in [0.25, 0.3) is 10.9 Å². The van der Waals surface area contributed by atoms with Crippen LogP contribution in [0.15, 0.2) is 18.3 Å². The zero-order chi connectivity index (χ0) is 15.6. The summed E-state index contributed by atoms with van der Waals surface area (Å²) in [6.45, 7) is 0.0110. The van der Waals surface area contributed by atoms with E-state index < -0.39 is 5.82 Å². The molecule has 0 spiro atoms. The molecule has 0 fully saturated rings. The molecule has 2 rings (SSSR count). The van der Waals surface area contributed by atoms with Crippen molar-refractivity contribution in [1.29, 1.82) is 5.26 Å². The Bertz CT molecular complexity index is 757. The quantitative estimate of drug-likeness (QED) is 0.942. The minimum Gasteiger partial charge on any atom is -0.364 e. The van der Waals surface area contributed by atoms with Gasteiger partial charge in [0.2, 0.25) is 5.91 Å². The molecule has 2 aromatic rings. The van der Waals surface area contributed by atoms with E-state index in [1.165, 1.54) is 25.4 Å². The number of fused-ring (bicyclic) bond motifs is 1. The van der Waals surface area contributed by atoms with Gasteiger partial charge in [0.1, 0.15) is 17.4 Å². The van der Waals surface area contributed by atoms with Crippen LogP contribution in [0.1, 0.15) is 5.56 Å². The predicted octanol–water partition coefficient (Wildman–Crippen LogP) is 2.08. The summed E-state index contributed by atoms with van der Waals surface area (Å²) in [7, 11) is 3.14. The van der Waals surface area contributed by atoms with Crippen molar-refractivity contribution >= 4 is 34.1 Å². The van der Waals surface area contributed by atoms with Gasteiger partial charge < -0.3 is 10.2 Å². The summed E-state index contributed by atoms with van der Waals surface area (Å²) < 4.78 is 13.9. The molecule has 0 saturated carbocycles. The predicted molar refractivity (Wildman–Crippen MR) is 78.8 cm³/mol. The number of rotatable bonds is 3. The fourth-order valence-corrected chi connectivity index (χ4v) is 2.31. The van der Waals surface area contributed by atoms with Gasteiger partial charge in [0, 0.05) is 25.7 Å².